The summed E-state index contributed by atoms with van der Waals surface area (Å²) in [6.45, 7) is 5.61. The predicted octanol–water partition coefficient (Wildman–Crippen LogP) is 2.21. The smallest absolute Gasteiger partial charge is 0.163 e. The summed E-state index contributed by atoms with van der Waals surface area (Å²) >= 11 is 0. The number of aromatic nitrogens is 3. The third-order valence-electron chi connectivity index (χ3n) is 2.63. The molecule has 90 valence electrons. The Morgan fingerprint density at radius 2 is 1.88 bits per heavy atom. The summed E-state index contributed by atoms with van der Waals surface area (Å²) in [6, 6.07) is 6.40. The maximum atomic E-state index is 5.08. The third kappa shape index (κ3) is 2.71. The molecule has 0 radical (unpaired) electrons. The van der Waals surface area contributed by atoms with Crippen LogP contribution in [0, 0.1) is 13.8 Å². The van der Waals surface area contributed by atoms with Gasteiger partial charge in [-0.15, -0.1) is 10.2 Å². The first-order valence-corrected chi connectivity index (χ1v) is 5.66. The Kier molecular flexibility index (Phi) is 3.54. The second-order valence-electron chi connectivity index (χ2n) is 4.22. The molecule has 17 heavy (non-hydrogen) atoms. The average Bonchev–Trinajstić information content (AvgIpc) is 2.73. The molecule has 4 heteroatoms. The van der Waals surface area contributed by atoms with Gasteiger partial charge in [0, 0.05) is 19.2 Å². The predicted molar refractivity (Wildman–Crippen MR) is 66.8 cm³/mol. The van der Waals surface area contributed by atoms with Gasteiger partial charge in [0.2, 0.25) is 0 Å². The number of nitrogens with zero attached hydrogens (tertiary/aromatic N) is 3. The van der Waals surface area contributed by atoms with Crippen LogP contribution < -0.4 is 0 Å². The fourth-order valence-electron chi connectivity index (χ4n) is 1.94. The van der Waals surface area contributed by atoms with Crippen molar-refractivity contribution in [3.63, 3.8) is 0 Å². The van der Waals surface area contributed by atoms with Gasteiger partial charge in [0.25, 0.3) is 0 Å². The zero-order valence-corrected chi connectivity index (χ0v) is 10.5. The Morgan fingerprint density at radius 3 is 2.53 bits per heavy atom. The Bertz CT molecular complexity index is 485. The van der Waals surface area contributed by atoms with E-state index in [4.69, 9.17) is 4.74 Å². The molecule has 2 rings (SSSR count). The van der Waals surface area contributed by atoms with Gasteiger partial charge in [0.15, 0.2) is 5.82 Å². The van der Waals surface area contributed by atoms with Gasteiger partial charge < -0.3 is 9.30 Å². The lowest BCUT2D eigenvalue weighted by Crippen LogP contribution is -2.05. The molecule has 0 N–H and O–H groups in total. The van der Waals surface area contributed by atoms with E-state index < -0.39 is 0 Å². The van der Waals surface area contributed by atoms with Crippen LogP contribution in [0.3, 0.4) is 0 Å². The summed E-state index contributed by atoms with van der Waals surface area (Å²) in [5, 5.41) is 8.15. The van der Waals surface area contributed by atoms with Crippen molar-refractivity contribution in [2.75, 3.05) is 13.7 Å². The van der Waals surface area contributed by atoms with Crippen molar-refractivity contribution in [3.8, 4) is 11.4 Å². The highest BCUT2D eigenvalue weighted by Gasteiger charge is 2.07. The Morgan fingerprint density at radius 1 is 1.18 bits per heavy atom. The number of hydrogen-bond donors (Lipinski definition) is 0. The third-order valence-corrected chi connectivity index (χ3v) is 2.63. The Labute approximate surface area is 101 Å². The summed E-state index contributed by atoms with van der Waals surface area (Å²) in [4.78, 5) is 0. The van der Waals surface area contributed by atoms with Crippen LogP contribution in [0.5, 0.6) is 0 Å². The molecular formula is C13H17N3O. The van der Waals surface area contributed by atoms with E-state index in [1.165, 1.54) is 11.1 Å². The first-order valence-electron chi connectivity index (χ1n) is 5.66. The van der Waals surface area contributed by atoms with Crippen molar-refractivity contribution in [2.45, 2.75) is 20.4 Å². The minimum absolute atomic E-state index is 0.663. The van der Waals surface area contributed by atoms with Crippen molar-refractivity contribution >= 4 is 0 Å². The number of ether oxygens (including phenoxy) is 1. The standard InChI is InChI=1S/C13H17N3O/c1-10-6-11(2)8-12(7-10)13-15-14-9-16(13)4-5-17-3/h6-9H,4-5H2,1-3H3. The lowest BCUT2D eigenvalue weighted by molar-refractivity contribution is 0.187. The van der Waals surface area contributed by atoms with Gasteiger partial charge in [0.05, 0.1) is 6.61 Å². The van der Waals surface area contributed by atoms with Gasteiger partial charge in [-0.05, 0) is 26.0 Å². The van der Waals surface area contributed by atoms with E-state index >= 15 is 0 Å². The molecule has 0 saturated heterocycles. The van der Waals surface area contributed by atoms with Crippen molar-refractivity contribution < 1.29 is 4.74 Å². The largest absolute Gasteiger partial charge is 0.383 e. The molecule has 0 atom stereocenters. The first kappa shape index (κ1) is 11.8. The van der Waals surface area contributed by atoms with Crippen molar-refractivity contribution in [3.05, 3.63) is 35.7 Å². The van der Waals surface area contributed by atoms with E-state index in [2.05, 4.69) is 42.2 Å². The molecule has 0 spiro atoms. The van der Waals surface area contributed by atoms with Crippen molar-refractivity contribution in [1.29, 1.82) is 0 Å². The molecule has 0 bridgehead atoms. The topological polar surface area (TPSA) is 39.9 Å². The molecule has 0 aliphatic carbocycles. The van der Waals surface area contributed by atoms with E-state index in [9.17, 15) is 0 Å². The maximum Gasteiger partial charge on any atom is 0.163 e. The van der Waals surface area contributed by atoms with Crippen LogP contribution in [0.1, 0.15) is 11.1 Å². The fourth-order valence-corrected chi connectivity index (χ4v) is 1.94. The van der Waals surface area contributed by atoms with Gasteiger partial charge in [-0.2, -0.15) is 0 Å². The molecule has 0 aliphatic rings. The zero-order chi connectivity index (χ0) is 12.3. The van der Waals surface area contributed by atoms with Crippen LogP contribution in [0.15, 0.2) is 24.5 Å². The molecule has 1 aromatic heterocycles. The summed E-state index contributed by atoms with van der Waals surface area (Å²) in [5.74, 6) is 0.897. The summed E-state index contributed by atoms with van der Waals surface area (Å²) in [6.07, 6.45) is 1.74. The van der Waals surface area contributed by atoms with Gasteiger partial charge in [0.1, 0.15) is 6.33 Å². The van der Waals surface area contributed by atoms with Crippen LogP contribution in [-0.4, -0.2) is 28.5 Å². The quantitative estimate of drug-likeness (QED) is 0.810. The number of aryl methyl sites for hydroxylation is 2. The Balaban J connectivity index is 2.35. The minimum Gasteiger partial charge on any atom is -0.383 e. The number of rotatable bonds is 4. The zero-order valence-electron chi connectivity index (χ0n) is 10.5. The molecule has 0 saturated carbocycles. The molecule has 0 amide bonds. The van der Waals surface area contributed by atoms with Crippen LogP contribution >= 0.6 is 0 Å². The number of methoxy groups -OCH3 is 1. The van der Waals surface area contributed by atoms with Crippen LogP contribution in [0.2, 0.25) is 0 Å². The minimum atomic E-state index is 0.663. The highest BCUT2D eigenvalue weighted by atomic mass is 16.5. The maximum absolute atomic E-state index is 5.08. The van der Waals surface area contributed by atoms with Crippen LogP contribution in [0.4, 0.5) is 0 Å². The second-order valence-corrected chi connectivity index (χ2v) is 4.22. The van der Waals surface area contributed by atoms with E-state index in [1.54, 1.807) is 13.4 Å². The molecule has 1 aromatic carbocycles. The SMILES string of the molecule is COCCn1cnnc1-c1cc(C)cc(C)c1. The fraction of sp³-hybridized carbons (Fsp3) is 0.385. The molecule has 0 fully saturated rings. The summed E-state index contributed by atoms with van der Waals surface area (Å²) in [7, 11) is 1.70. The van der Waals surface area contributed by atoms with E-state index in [1.807, 2.05) is 4.57 Å². The summed E-state index contributed by atoms with van der Waals surface area (Å²) in [5.41, 5.74) is 3.58. The van der Waals surface area contributed by atoms with Crippen LogP contribution in [-0.2, 0) is 11.3 Å². The van der Waals surface area contributed by atoms with E-state index in [-0.39, 0.29) is 0 Å². The molecule has 0 aliphatic heterocycles. The van der Waals surface area contributed by atoms with Crippen LogP contribution in [0.25, 0.3) is 11.4 Å². The lowest BCUT2D eigenvalue weighted by Gasteiger charge is -2.07. The number of benzene rings is 1. The van der Waals surface area contributed by atoms with Crippen molar-refractivity contribution in [2.24, 2.45) is 0 Å². The monoisotopic (exact) mass is 231 g/mol. The highest BCUT2D eigenvalue weighted by molar-refractivity contribution is 5.57. The first-order chi connectivity index (χ1) is 8.20. The number of hydrogen-bond acceptors (Lipinski definition) is 3. The molecule has 4 nitrogen and oxygen atoms in total. The van der Waals surface area contributed by atoms with Gasteiger partial charge >= 0.3 is 0 Å². The summed E-state index contributed by atoms with van der Waals surface area (Å²) < 4.78 is 7.09. The Hall–Kier alpha value is -1.68. The van der Waals surface area contributed by atoms with Gasteiger partial charge in [-0.1, -0.05) is 17.2 Å². The van der Waals surface area contributed by atoms with Gasteiger partial charge in [-0.25, -0.2) is 0 Å². The molecular weight excluding hydrogens is 214 g/mol. The molecule has 2 aromatic rings. The normalized spacial score (nSPS) is 10.8. The lowest BCUT2D eigenvalue weighted by atomic mass is 10.1. The molecule has 1 heterocycles. The van der Waals surface area contributed by atoms with Crippen molar-refractivity contribution in [1.82, 2.24) is 14.8 Å². The van der Waals surface area contributed by atoms with E-state index in [0.717, 1.165) is 17.9 Å². The highest BCUT2D eigenvalue weighted by Crippen LogP contribution is 2.19. The van der Waals surface area contributed by atoms with Gasteiger partial charge in [-0.3, -0.25) is 0 Å². The molecule has 0 unspecified atom stereocenters. The van der Waals surface area contributed by atoms with E-state index in [0.29, 0.717) is 6.61 Å². The second kappa shape index (κ2) is 5.10. The average molecular weight is 231 g/mol.